The van der Waals surface area contributed by atoms with Crippen molar-refractivity contribution >= 4 is 23.2 Å². The van der Waals surface area contributed by atoms with Gasteiger partial charge < -0.3 is 15.6 Å². The maximum absolute atomic E-state index is 12.5. The Morgan fingerprint density at radius 2 is 2.24 bits per heavy atom. The predicted molar refractivity (Wildman–Crippen MR) is 98.6 cm³/mol. The van der Waals surface area contributed by atoms with Gasteiger partial charge in [-0.15, -0.1) is 0 Å². The van der Waals surface area contributed by atoms with Crippen LogP contribution in [0.1, 0.15) is 35.0 Å². The molecule has 2 aromatic heterocycles. The largest absolute Gasteiger partial charge is 0.365 e. The van der Waals surface area contributed by atoms with Gasteiger partial charge in [-0.25, -0.2) is 0 Å². The number of rotatable bonds is 6. The second kappa shape index (κ2) is 7.84. The lowest BCUT2D eigenvalue weighted by molar-refractivity contribution is -0.125. The highest BCUT2D eigenvalue weighted by molar-refractivity contribution is 7.07. The SMILES string of the molecule is CCNC(=O)[C@@H]1C[C@H](NC(=O)c2cc[nH]c2C)CN1Cc1ccsc1. The number of carbonyl (C=O) groups excluding carboxylic acids is 2. The molecule has 2 amide bonds. The summed E-state index contributed by atoms with van der Waals surface area (Å²) in [6.07, 6.45) is 2.39. The fourth-order valence-corrected chi connectivity index (χ4v) is 3.99. The molecule has 1 fully saturated rings. The lowest BCUT2D eigenvalue weighted by atomic mass is 10.1. The van der Waals surface area contributed by atoms with Gasteiger partial charge in [0.05, 0.1) is 11.6 Å². The first-order valence-corrected chi connectivity index (χ1v) is 9.50. The summed E-state index contributed by atoms with van der Waals surface area (Å²) >= 11 is 1.65. The molecule has 1 saturated heterocycles. The fourth-order valence-electron chi connectivity index (χ4n) is 3.33. The van der Waals surface area contributed by atoms with Crippen molar-refractivity contribution in [2.45, 2.75) is 38.9 Å². The maximum atomic E-state index is 12.5. The van der Waals surface area contributed by atoms with E-state index in [1.54, 1.807) is 23.6 Å². The van der Waals surface area contributed by atoms with Crippen LogP contribution in [0.4, 0.5) is 0 Å². The van der Waals surface area contributed by atoms with Gasteiger partial charge in [-0.2, -0.15) is 11.3 Å². The van der Waals surface area contributed by atoms with Crippen LogP contribution in [0.15, 0.2) is 29.1 Å². The number of nitrogens with zero attached hydrogens (tertiary/aromatic N) is 1. The zero-order chi connectivity index (χ0) is 17.8. The van der Waals surface area contributed by atoms with Gasteiger partial charge in [0, 0.05) is 37.6 Å². The highest BCUT2D eigenvalue weighted by Crippen LogP contribution is 2.22. The molecule has 0 saturated carbocycles. The van der Waals surface area contributed by atoms with Crippen LogP contribution in [0.5, 0.6) is 0 Å². The number of aryl methyl sites for hydroxylation is 1. The van der Waals surface area contributed by atoms with Crippen molar-refractivity contribution < 1.29 is 9.59 Å². The smallest absolute Gasteiger partial charge is 0.253 e. The van der Waals surface area contributed by atoms with Crippen LogP contribution in [0, 0.1) is 6.92 Å². The first-order valence-electron chi connectivity index (χ1n) is 8.56. The van der Waals surface area contributed by atoms with Gasteiger partial charge in [0.25, 0.3) is 5.91 Å². The second-order valence-electron chi connectivity index (χ2n) is 6.39. The topological polar surface area (TPSA) is 77.2 Å². The molecule has 134 valence electrons. The molecule has 2 atom stereocenters. The molecule has 0 bridgehead atoms. The number of thiophene rings is 1. The number of likely N-dealkylation sites (N-methyl/N-ethyl adjacent to an activating group) is 1. The Hall–Kier alpha value is -2.12. The van der Waals surface area contributed by atoms with Gasteiger partial charge >= 0.3 is 0 Å². The average Bonchev–Trinajstić information content (AvgIpc) is 3.29. The van der Waals surface area contributed by atoms with Crippen LogP contribution in [0.2, 0.25) is 0 Å². The van der Waals surface area contributed by atoms with Crippen LogP contribution in [0.3, 0.4) is 0 Å². The zero-order valence-corrected chi connectivity index (χ0v) is 15.4. The third-order valence-electron chi connectivity index (χ3n) is 4.56. The summed E-state index contributed by atoms with van der Waals surface area (Å²) in [4.78, 5) is 30.1. The molecule has 0 aliphatic carbocycles. The minimum absolute atomic E-state index is 0.0342. The van der Waals surface area contributed by atoms with Crippen LogP contribution in [-0.4, -0.2) is 46.9 Å². The minimum atomic E-state index is -0.211. The second-order valence-corrected chi connectivity index (χ2v) is 7.17. The summed E-state index contributed by atoms with van der Waals surface area (Å²) in [6, 6.07) is 3.61. The van der Waals surface area contributed by atoms with Gasteiger partial charge in [0.15, 0.2) is 0 Å². The van der Waals surface area contributed by atoms with Crippen LogP contribution < -0.4 is 10.6 Å². The Labute approximate surface area is 151 Å². The summed E-state index contributed by atoms with van der Waals surface area (Å²) in [7, 11) is 0. The lowest BCUT2D eigenvalue weighted by Crippen LogP contribution is -2.42. The van der Waals surface area contributed by atoms with E-state index in [1.165, 1.54) is 5.56 Å². The van der Waals surface area contributed by atoms with Crippen LogP contribution in [-0.2, 0) is 11.3 Å². The van der Waals surface area contributed by atoms with Crippen molar-refractivity contribution in [1.82, 2.24) is 20.5 Å². The van der Waals surface area contributed by atoms with Crippen LogP contribution in [0.25, 0.3) is 0 Å². The average molecular weight is 360 g/mol. The molecule has 1 aliphatic rings. The Bertz CT molecular complexity index is 725. The number of nitrogens with one attached hydrogen (secondary N) is 3. The molecule has 0 unspecified atom stereocenters. The molecule has 3 N–H and O–H groups in total. The van der Waals surface area contributed by atoms with E-state index < -0.39 is 0 Å². The maximum Gasteiger partial charge on any atom is 0.253 e. The third kappa shape index (κ3) is 4.11. The van der Waals surface area contributed by atoms with E-state index in [4.69, 9.17) is 0 Å². The predicted octanol–water partition coefficient (Wildman–Crippen LogP) is 1.89. The minimum Gasteiger partial charge on any atom is -0.365 e. The van der Waals surface area contributed by atoms with Gasteiger partial charge in [0.2, 0.25) is 5.91 Å². The van der Waals surface area contributed by atoms with Crippen molar-refractivity contribution in [2.75, 3.05) is 13.1 Å². The zero-order valence-electron chi connectivity index (χ0n) is 14.5. The van der Waals surface area contributed by atoms with Gasteiger partial charge in [-0.05, 0) is 48.7 Å². The molecule has 2 aromatic rings. The van der Waals surface area contributed by atoms with Crippen molar-refractivity contribution in [2.24, 2.45) is 0 Å². The van der Waals surface area contributed by atoms with Crippen LogP contribution >= 0.6 is 11.3 Å². The molecule has 0 spiro atoms. The molecular formula is C18H24N4O2S. The van der Waals surface area contributed by atoms with E-state index in [2.05, 4.69) is 32.0 Å². The van der Waals surface area contributed by atoms with Crippen molar-refractivity contribution in [1.29, 1.82) is 0 Å². The molecule has 0 aromatic carbocycles. The standard InChI is InChI=1S/C18H24N4O2S/c1-3-19-18(24)16-8-14(10-22(16)9-13-5-7-25-11-13)21-17(23)15-4-6-20-12(15)2/h4-7,11,14,16,20H,3,8-10H2,1-2H3,(H,19,24)(H,21,23)/t14-,16-/m0/s1. The lowest BCUT2D eigenvalue weighted by Gasteiger charge is -2.22. The van der Waals surface area contributed by atoms with E-state index in [9.17, 15) is 9.59 Å². The molecule has 0 radical (unpaired) electrons. The fraction of sp³-hybridized carbons (Fsp3) is 0.444. The molecule has 7 heteroatoms. The van der Waals surface area contributed by atoms with E-state index in [-0.39, 0.29) is 23.9 Å². The number of carbonyl (C=O) groups is 2. The van der Waals surface area contributed by atoms with E-state index in [0.29, 0.717) is 25.1 Å². The quantitative estimate of drug-likeness (QED) is 0.736. The Morgan fingerprint density at radius 1 is 1.40 bits per heavy atom. The number of likely N-dealkylation sites (tertiary alicyclic amines) is 1. The first-order chi connectivity index (χ1) is 12.1. The molecular weight excluding hydrogens is 336 g/mol. The number of amides is 2. The summed E-state index contributed by atoms with van der Waals surface area (Å²) in [5.74, 6) is -0.0527. The molecule has 3 rings (SSSR count). The highest BCUT2D eigenvalue weighted by Gasteiger charge is 2.37. The van der Waals surface area contributed by atoms with E-state index >= 15 is 0 Å². The normalized spacial score (nSPS) is 20.6. The number of hydrogen-bond donors (Lipinski definition) is 3. The van der Waals surface area contributed by atoms with E-state index in [1.807, 2.05) is 19.2 Å². The number of aromatic nitrogens is 1. The summed E-state index contributed by atoms with van der Waals surface area (Å²) < 4.78 is 0. The summed E-state index contributed by atoms with van der Waals surface area (Å²) in [5, 5.41) is 10.1. The number of hydrogen-bond acceptors (Lipinski definition) is 4. The number of H-pyrrole nitrogens is 1. The first kappa shape index (κ1) is 17.7. The van der Waals surface area contributed by atoms with Crippen molar-refractivity contribution in [3.63, 3.8) is 0 Å². The van der Waals surface area contributed by atoms with E-state index in [0.717, 1.165) is 12.2 Å². The monoisotopic (exact) mass is 360 g/mol. The third-order valence-corrected chi connectivity index (χ3v) is 5.29. The Kier molecular flexibility index (Phi) is 5.55. The Balaban J connectivity index is 1.68. The summed E-state index contributed by atoms with van der Waals surface area (Å²) in [5.41, 5.74) is 2.71. The van der Waals surface area contributed by atoms with Crippen molar-refractivity contribution in [3.05, 3.63) is 45.9 Å². The molecule has 25 heavy (non-hydrogen) atoms. The molecule has 6 nitrogen and oxygen atoms in total. The number of aromatic amines is 1. The highest BCUT2D eigenvalue weighted by atomic mass is 32.1. The van der Waals surface area contributed by atoms with Gasteiger partial charge in [-0.3, -0.25) is 14.5 Å². The molecule has 3 heterocycles. The van der Waals surface area contributed by atoms with Gasteiger partial charge in [-0.1, -0.05) is 0 Å². The van der Waals surface area contributed by atoms with Crippen molar-refractivity contribution in [3.8, 4) is 0 Å². The molecule has 1 aliphatic heterocycles. The summed E-state index contributed by atoms with van der Waals surface area (Å²) in [6.45, 7) is 5.81. The Morgan fingerprint density at radius 3 is 2.88 bits per heavy atom. The van der Waals surface area contributed by atoms with Gasteiger partial charge in [0.1, 0.15) is 0 Å².